The number of amides is 2. The third kappa shape index (κ3) is 6.84. The minimum Gasteiger partial charge on any atom is -0.477 e. The Morgan fingerprint density at radius 3 is 2.74 bits per heavy atom. The normalized spacial score (nSPS) is 19.3. The minimum atomic E-state index is -1.24. The number of rotatable bonds is 10. The number of carbonyl (C=O) groups is 4. The van der Waals surface area contributed by atoms with Gasteiger partial charge in [0, 0.05) is 23.0 Å². The van der Waals surface area contributed by atoms with Crippen LogP contribution in [0, 0.1) is 0 Å². The van der Waals surface area contributed by atoms with Gasteiger partial charge in [-0.1, -0.05) is 28.3 Å². The van der Waals surface area contributed by atoms with E-state index in [4.69, 9.17) is 15.3 Å². The van der Waals surface area contributed by atoms with Crippen molar-refractivity contribution in [2.45, 2.75) is 42.1 Å². The molecule has 0 saturated carbocycles. The topological polar surface area (TPSA) is 212 Å². The van der Waals surface area contributed by atoms with Gasteiger partial charge in [-0.05, 0) is 26.3 Å². The van der Waals surface area contributed by atoms with Crippen LogP contribution in [0.1, 0.15) is 26.6 Å². The van der Waals surface area contributed by atoms with Gasteiger partial charge in [-0.2, -0.15) is 9.36 Å². The summed E-state index contributed by atoms with van der Waals surface area (Å²) in [6, 6.07) is -1.04. The fourth-order valence-electron chi connectivity index (χ4n) is 3.41. The van der Waals surface area contributed by atoms with Crippen molar-refractivity contribution >= 4 is 81.0 Å². The SMILES string of the molecule is CC(C)(C)OC(=O)CON=C(C(=O)NC1C(=O)N2C(C(=O)O)=C(CSc3nncs3)CS[C@@H]12)c1nsc(N)n1. The summed E-state index contributed by atoms with van der Waals surface area (Å²) in [5.74, 6) is -2.94. The number of carboxylic acids is 1. The van der Waals surface area contributed by atoms with Crippen molar-refractivity contribution in [2.24, 2.45) is 5.16 Å². The van der Waals surface area contributed by atoms with Crippen LogP contribution >= 0.6 is 46.4 Å². The molecule has 1 unspecified atom stereocenters. The Labute approximate surface area is 237 Å². The number of carboxylic acid groups (broad SMARTS) is 1. The number of hydrogen-bond donors (Lipinski definition) is 3. The average molecular weight is 615 g/mol. The number of aromatic nitrogens is 4. The Balaban J connectivity index is 1.46. The molecular weight excluding hydrogens is 593 g/mol. The Morgan fingerprint density at radius 2 is 2.13 bits per heavy atom. The van der Waals surface area contributed by atoms with Gasteiger partial charge in [-0.25, -0.2) is 9.59 Å². The number of thioether (sulfide) groups is 2. The van der Waals surface area contributed by atoms with Crippen LogP contribution < -0.4 is 11.1 Å². The first-order valence-corrected chi connectivity index (χ1v) is 14.7. The summed E-state index contributed by atoms with van der Waals surface area (Å²) in [6.07, 6.45) is 0. The van der Waals surface area contributed by atoms with Crippen LogP contribution in [0.3, 0.4) is 0 Å². The van der Waals surface area contributed by atoms with Crippen molar-refractivity contribution in [1.29, 1.82) is 0 Å². The zero-order valence-electron chi connectivity index (χ0n) is 20.6. The first-order chi connectivity index (χ1) is 18.4. The molecule has 2 aromatic rings. The first-order valence-electron chi connectivity index (χ1n) is 11.1. The van der Waals surface area contributed by atoms with Crippen molar-refractivity contribution in [1.82, 2.24) is 29.8 Å². The molecule has 0 aromatic carbocycles. The Bertz CT molecular complexity index is 1340. The van der Waals surface area contributed by atoms with E-state index in [1.54, 1.807) is 26.3 Å². The van der Waals surface area contributed by atoms with Gasteiger partial charge < -0.3 is 25.7 Å². The number of nitrogens with two attached hydrogens (primary N) is 1. The lowest BCUT2D eigenvalue weighted by molar-refractivity contribution is -0.160. The second-order valence-corrected chi connectivity index (χ2v) is 12.8. The third-order valence-corrected chi connectivity index (χ3v) is 8.70. The van der Waals surface area contributed by atoms with Crippen molar-refractivity contribution in [3.8, 4) is 0 Å². The zero-order chi connectivity index (χ0) is 28.3. The molecule has 4 rings (SSSR count). The molecule has 2 amide bonds. The third-order valence-electron chi connectivity index (χ3n) is 4.87. The highest BCUT2D eigenvalue weighted by atomic mass is 32.2. The lowest BCUT2D eigenvalue weighted by atomic mass is 10.0. The molecule has 39 heavy (non-hydrogen) atoms. The van der Waals surface area contributed by atoms with Crippen LogP contribution in [0.4, 0.5) is 5.13 Å². The number of hydrogen-bond acceptors (Lipinski definition) is 16. The van der Waals surface area contributed by atoms with E-state index in [9.17, 15) is 24.3 Å². The van der Waals surface area contributed by atoms with Gasteiger partial charge in [0.05, 0.1) is 0 Å². The molecular formula is C20H22N8O7S4. The first kappa shape index (κ1) is 28.7. The molecule has 208 valence electrons. The van der Waals surface area contributed by atoms with Crippen molar-refractivity contribution in [3.05, 3.63) is 22.6 Å². The molecule has 0 spiro atoms. The van der Waals surface area contributed by atoms with Gasteiger partial charge in [0.2, 0.25) is 18.1 Å². The number of β-lactam (4-membered cyclic amide) rings is 1. The number of carbonyl (C=O) groups excluding carboxylic acids is 3. The van der Waals surface area contributed by atoms with E-state index in [0.717, 1.165) is 16.4 Å². The molecule has 0 aliphatic carbocycles. The zero-order valence-corrected chi connectivity index (χ0v) is 23.9. The maximum Gasteiger partial charge on any atom is 0.352 e. The maximum atomic E-state index is 13.1. The number of anilines is 1. The molecule has 15 nitrogen and oxygen atoms in total. The smallest absolute Gasteiger partial charge is 0.352 e. The van der Waals surface area contributed by atoms with E-state index in [0.29, 0.717) is 21.4 Å². The number of nitrogens with one attached hydrogen (secondary N) is 1. The molecule has 4 heterocycles. The van der Waals surface area contributed by atoms with Crippen molar-refractivity contribution in [2.75, 3.05) is 23.8 Å². The fraction of sp³-hybridized carbons (Fsp3) is 0.450. The van der Waals surface area contributed by atoms with Crippen LogP contribution in [0.5, 0.6) is 0 Å². The van der Waals surface area contributed by atoms with E-state index < -0.39 is 53.1 Å². The van der Waals surface area contributed by atoms with E-state index in [-0.39, 0.29) is 16.7 Å². The lowest BCUT2D eigenvalue weighted by Gasteiger charge is -2.49. The molecule has 2 aliphatic heterocycles. The predicted molar refractivity (Wildman–Crippen MR) is 143 cm³/mol. The summed E-state index contributed by atoms with van der Waals surface area (Å²) in [5.41, 5.74) is 6.48. The summed E-state index contributed by atoms with van der Waals surface area (Å²) in [4.78, 5) is 60.2. The number of esters is 1. The van der Waals surface area contributed by atoms with Gasteiger partial charge >= 0.3 is 11.9 Å². The molecule has 4 N–H and O–H groups in total. The van der Waals surface area contributed by atoms with Gasteiger partial charge in [0.25, 0.3) is 11.8 Å². The lowest BCUT2D eigenvalue weighted by Crippen LogP contribution is -2.71. The highest BCUT2D eigenvalue weighted by Crippen LogP contribution is 2.41. The predicted octanol–water partition coefficient (Wildman–Crippen LogP) is 0.565. The van der Waals surface area contributed by atoms with Crippen LogP contribution in [0.15, 0.2) is 26.3 Å². The van der Waals surface area contributed by atoms with Crippen LogP contribution in [-0.4, -0.2) is 94.2 Å². The second kappa shape index (κ2) is 11.8. The van der Waals surface area contributed by atoms with Gasteiger partial charge in [0.15, 0.2) is 9.47 Å². The van der Waals surface area contributed by atoms with Gasteiger partial charge in [-0.3, -0.25) is 14.5 Å². The molecule has 2 atom stereocenters. The number of oxime groups is 1. The largest absolute Gasteiger partial charge is 0.477 e. The van der Waals surface area contributed by atoms with Crippen LogP contribution in [0.25, 0.3) is 0 Å². The number of ether oxygens (including phenoxy) is 1. The number of fused-ring (bicyclic) bond motifs is 1. The van der Waals surface area contributed by atoms with E-state index in [1.807, 2.05) is 0 Å². The Morgan fingerprint density at radius 1 is 1.36 bits per heavy atom. The fourth-order valence-corrected chi connectivity index (χ4v) is 6.82. The summed E-state index contributed by atoms with van der Waals surface area (Å²) >= 11 is 4.78. The maximum absolute atomic E-state index is 13.1. The van der Waals surface area contributed by atoms with Gasteiger partial charge in [0.1, 0.15) is 28.2 Å². The molecule has 2 aliphatic rings. The summed E-state index contributed by atoms with van der Waals surface area (Å²) in [6.45, 7) is 4.46. The molecule has 0 radical (unpaired) electrons. The monoisotopic (exact) mass is 614 g/mol. The highest BCUT2D eigenvalue weighted by molar-refractivity contribution is 8.01. The Kier molecular flexibility index (Phi) is 8.72. The Hall–Kier alpha value is -3.29. The van der Waals surface area contributed by atoms with Crippen LogP contribution in [0.2, 0.25) is 0 Å². The van der Waals surface area contributed by atoms with Crippen LogP contribution in [-0.2, 0) is 28.8 Å². The summed E-state index contributed by atoms with van der Waals surface area (Å²) in [7, 11) is 0. The molecule has 0 bridgehead atoms. The van der Waals surface area contributed by atoms with Crippen molar-refractivity contribution in [3.63, 3.8) is 0 Å². The second-order valence-electron chi connectivity index (χ2n) is 8.87. The number of aliphatic carboxylic acids is 1. The van der Waals surface area contributed by atoms with E-state index in [1.165, 1.54) is 34.9 Å². The highest BCUT2D eigenvalue weighted by Gasteiger charge is 2.54. The van der Waals surface area contributed by atoms with Crippen molar-refractivity contribution < 1.29 is 33.9 Å². The van der Waals surface area contributed by atoms with E-state index >= 15 is 0 Å². The standard InChI is InChI=1S/C20H22N8O7S4/c1-20(2,3)35-9(29)4-34-26-10(13-24-18(21)39-27-13)14(30)23-11-15(31)28-12(17(32)33)8(5-36-16(11)28)6-37-19-25-22-7-38-19/h7,11,16H,4-6H2,1-3H3,(H,23,30)(H,32,33)(H2,21,24,27)/t11?,16-/m0/s1. The molecule has 1 fully saturated rings. The molecule has 19 heteroatoms. The quantitative estimate of drug-likeness (QED) is 0.110. The summed E-state index contributed by atoms with van der Waals surface area (Å²) < 4.78 is 9.77. The van der Waals surface area contributed by atoms with Gasteiger partial charge in [-0.15, -0.1) is 22.0 Å². The molecule has 2 aromatic heterocycles. The average Bonchev–Trinajstić information content (AvgIpc) is 3.53. The van der Waals surface area contributed by atoms with E-state index in [2.05, 4.69) is 30.0 Å². The number of nitrogen functional groups attached to an aromatic ring is 1. The number of nitrogens with zero attached hydrogens (tertiary/aromatic N) is 6. The minimum absolute atomic E-state index is 0.0570. The molecule has 1 saturated heterocycles. The summed E-state index contributed by atoms with van der Waals surface area (Å²) in [5, 5.41) is 23.2.